The van der Waals surface area contributed by atoms with Crippen molar-refractivity contribution in [3.05, 3.63) is 72.3 Å². The zero-order valence-electron chi connectivity index (χ0n) is 15.7. The first kappa shape index (κ1) is 18.7. The summed E-state index contributed by atoms with van der Waals surface area (Å²) in [6.07, 6.45) is -0.774. The molecule has 1 saturated heterocycles. The highest BCUT2D eigenvalue weighted by Gasteiger charge is 2.33. The van der Waals surface area contributed by atoms with Crippen molar-refractivity contribution in [3.8, 4) is 11.5 Å². The molecule has 146 valence electrons. The number of benzene rings is 3. The summed E-state index contributed by atoms with van der Waals surface area (Å²) in [7, 11) is 0. The lowest BCUT2D eigenvalue weighted by molar-refractivity contribution is 0.0747. The maximum atomic E-state index is 10.5. The fraction of sp³-hybridized carbons (Fsp3) is 0.304. The van der Waals surface area contributed by atoms with Crippen LogP contribution in [0, 0.1) is 0 Å². The van der Waals surface area contributed by atoms with Crippen LogP contribution >= 0.6 is 0 Å². The van der Waals surface area contributed by atoms with Crippen LogP contribution in [0.15, 0.2) is 66.7 Å². The molecule has 3 aromatic rings. The predicted molar refractivity (Wildman–Crippen MR) is 109 cm³/mol. The molecule has 0 radical (unpaired) electrons. The van der Waals surface area contributed by atoms with E-state index < -0.39 is 6.10 Å². The lowest BCUT2D eigenvalue weighted by atomic mass is 10.1. The van der Waals surface area contributed by atoms with Crippen LogP contribution < -0.4 is 9.47 Å². The Balaban J connectivity index is 1.39. The first-order valence-electron chi connectivity index (χ1n) is 9.60. The second-order valence-electron chi connectivity index (χ2n) is 7.11. The lowest BCUT2D eigenvalue weighted by Crippen LogP contribution is -2.30. The van der Waals surface area contributed by atoms with Crippen molar-refractivity contribution >= 4 is 10.8 Å². The summed E-state index contributed by atoms with van der Waals surface area (Å²) in [4.78, 5) is 2.20. The van der Waals surface area contributed by atoms with E-state index in [1.54, 1.807) is 0 Å². The molecule has 0 saturated carbocycles. The van der Waals surface area contributed by atoms with Crippen molar-refractivity contribution in [2.24, 2.45) is 0 Å². The van der Waals surface area contributed by atoms with Crippen LogP contribution in [0.5, 0.6) is 11.5 Å². The Labute approximate surface area is 164 Å². The van der Waals surface area contributed by atoms with Crippen molar-refractivity contribution in [2.75, 3.05) is 26.3 Å². The predicted octanol–water partition coefficient (Wildman–Crippen LogP) is 2.84. The zero-order chi connectivity index (χ0) is 19.3. The molecule has 3 aromatic carbocycles. The summed E-state index contributed by atoms with van der Waals surface area (Å²) in [6.45, 7) is 2.30. The first-order valence-corrected chi connectivity index (χ1v) is 9.60. The van der Waals surface area contributed by atoms with E-state index in [2.05, 4.69) is 17.0 Å². The van der Waals surface area contributed by atoms with E-state index >= 15 is 0 Å². The molecule has 1 aliphatic heterocycles. The molecule has 0 aliphatic carbocycles. The summed E-state index contributed by atoms with van der Waals surface area (Å²) < 4.78 is 11.6. The van der Waals surface area contributed by atoms with E-state index in [4.69, 9.17) is 14.6 Å². The van der Waals surface area contributed by atoms with E-state index in [1.165, 1.54) is 0 Å². The Morgan fingerprint density at radius 3 is 2.54 bits per heavy atom. The van der Waals surface area contributed by atoms with Crippen LogP contribution in [0.2, 0.25) is 0 Å². The third-order valence-electron chi connectivity index (χ3n) is 5.03. The molecule has 5 heteroatoms. The normalized spacial score (nSPS) is 19.8. The van der Waals surface area contributed by atoms with E-state index in [0.29, 0.717) is 19.7 Å². The van der Waals surface area contributed by atoms with Gasteiger partial charge in [0.2, 0.25) is 0 Å². The van der Waals surface area contributed by atoms with E-state index in [0.717, 1.165) is 34.4 Å². The van der Waals surface area contributed by atoms with Crippen LogP contribution in [-0.2, 0) is 6.54 Å². The molecular weight excluding hydrogens is 354 g/mol. The molecule has 2 atom stereocenters. The second-order valence-corrected chi connectivity index (χ2v) is 7.11. The van der Waals surface area contributed by atoms with Crippen molar-refractivity contribution in [1.29, 1.82) is 0 Å². The molecule has 1 heterocycles. The van der Waals surface area contributed by atoms with Crippen LogP contribution in [0.4, 0.5) is 0 Å². The summed E-state index contributed by atoms with van der Waals surface area (Å²) >= 11 is 0. The number of hydrogen-bond acceptors (Lipinski definition) is 5. The summed E-state index contributed by atoms with van der Waals surface area (Å²) in [5.74, 6) is 1.56. The molecule has 0 aromatic heterocycles. The minimum Gasteiger partial charge on any atom is -0.491 e. The van der Waals surface area contributed by atoms with Crippen LogP contribution in [0.3, 0.4) is 0 Å². The number of hydrogen-bond donors (Lipinski definition) is 2. The summed E-state index contributed by atoms with van der Waals surface area (Å²) in [6, 6.07) is 22.0. The average molecular weight is 379 g/mol. The van der Waals surface area contributed by atoms with Gasteiger partial charge in [0.25, 0.3) is 0 Å². The Morgan fingerprint density at radius 2 is 1.71 bits per heavy atom. The molecular formula is C23H25NO4. The number of ether oxygens (including phenoxy) is 2. The molecule has 4 rings (SSSR count). The minimum absolute atomic E-state index is 0.00546. The third-order valence-corrected chi connectivity index (χ3v) is 5.03. The maximum absolute atomic E-state index is 10.5. The lowest BCUT2D eigenvalue weighted by Gasteiger charge is -2.18. The van der Waals surface area contributed by atoms with Crippen LogP contribution in [0.1, 0.15) is 5.56 Å². The Hall–Kier alpha value is -2.60. The maximum Gasteiger partial charge on any atom is 0.138 e. The summed E-state index contributed by atoms with van der Waals surface area (Å²) in [5.41, 5.74) is 1.15. The molecule has 1 aliphatic rings. The van der Waals surface area contributed by atoms with E-state index in [9.17, 15) is 5.11 Å². The highest BCUT2D eigenvalue weighted by molar-refractivity contribution is 5.88. The van der Waals surface area contributed by atoms with Crippen molar-refractivity contribution < 1.29 is 19.7 Å². The zero-order valence-corrected chi connectivity index (χ0v) is 15.7. The van der Waals surface area contributed by atoms with Gasteiger partial charge >= 0.3 is 0 Å². The quantitative estimate of drug-likeness (QED) is 0.661. The largest absolute Gasteiger partial charge is 0.491 e. The molecule has 0 amide bonds. The molecule has 28 heavy (non-hydrogen) atoms. The van der Waals surface area contributed by atoms with Crippen molar-refractivity contribution in [2.45, 2.75) is 18.8 Å². The van der Waals surface area contributed by atoms with Gasteiger partial charge in [-0.1, -0.05) is 48.5 Å². The number of nitrogens with zero attached hydrogens (tertiary/aromatic N) is 1. The van der Waals surface area contributed by atoms with Gasteiger partial charge in [-0.3, -0.25) is 4.90 Å². The second kappa shape index (κ2) is 8.61. The van der Waals surface area contributed by atoms with Gasteiger partial charge in [-0.05, 0) is 29.1 Å². The fourth-order valence-electron chi connectivity index (χ4n) is 3.65. The summed E-state index contributed by atoms with van der Waals surface area (Å²) in [5, 5.41) is 21.5. The van der Waals surface area contributed by atoms with Crippen molar-refractivity contribution in [1.82, 2.24) is 4.90 Å². The minimum atomic E-state index is -0.522. The molecule has 5 nitrogen and oxygen atoms in total. The molecule has 0 bridgehead atoms. The van der Waals surface area contributed by atoms with Gasteiger partial charge in [0.15, 0.2) is 0 Å². The smallest absolute Gasteiger partial charge is 0.138 e. The standard InChI is InChI=1S/C23H25NO4/c25-12-13-27-19-10-8-17(9-11-19)14-24-15-21(26)23(16-24)28-22-7-3-5-18-4-1-2-6-20(18)22/h1-11,21,23,25-26H,12-16H2/t21-,23-/m0/s1. The molecule has 2 N–H and O–H groups in total. The number of fused-ring (bicyclic) bond motifs is 1. The van der Waals surface area contributed by atoms with E-state index in [1.807, 2.05) is 54.6 Å². The van der Waals surface area contributed by atoms with Crippen molar-refractivity contribution in [3.63, 3.8) is 0 Å². The molecule has 0 unspecified atom stereocenters. The van der Waals surface area contributed by atoms with Gasteiger partial charge in [-0.2, -0.15) is 0 Å². The van der Waals surface area contributed by atoms with Gasteiger partial charge in [0.05, 0.1) is 6.61 Å². The number of rotatable bonds is 7. The molecule has 1 fully saturated rings. The van der Waals surface area contributed by atoms with Gasteiger partial charge in [0.1, 0.15) is 30.3 Å². The Morgan fingerprint density at radius 1 is 0.929 bits per heavy atom. The van der Waals surface area contributed by atoms with Gasteiger partial charge in [-0.15, -0.1) is 0 Å². The monoisotopic (exact) mass is 379 g/mol. The Bertz CT molecular complexity index is 907. The van der Waals surface area contributed by atoms with Crippen LogP contribution in [0.25, 0.3) is 10.8 Å². The number of likely N-dealkylation sites (tertiary alicyclic amines) is 1. The van der Waals surface area contributed by atoms with Gasteiger partial charge in [-0.25, -0.2) is 0 Å². The topological polar surface area (TPSA) is 62.2 Å². The number of β-amino-alcohol motifs (C(OH)–C–C–N with tert-alkyl or cyclic N) is 1. The van der Waals surface area contributed by atoms with Crippen LogP contribution in [-0.4, -0.2) is 53.6 Å². The highest BCUT2D eigenvalue weighted by atomic mass is 16.5. The first-order chi connectivity index (χ1) is 13.7. The third kappa shape index (κ3) is 4.28. The van der Waals surface area contributed by atoms with E-state index in [-0.39, 0.29) is 12.7 Å². The average Bonchev–Trinajstić information content (AvgIpc) is 3.06. The SMILES string of the molecule is OCCOc1ccc(CN2C[C@H](Oc3cccc4ccccc34)[C@@H](O)C2)cc1. The van der Waals surface area contributed by atoms with Gasteiger partial charge < -0.3 is 19.7 Å². The Kier molecular flexibility index (Phi) is 5.76. The number of aliphatic hydroxyl groups excluding tert-OH is 2. The van der Waals surface area contributed by atoms with Gasteiger partial charge in [0, 0.05) is 25.0 Å². The molecule has 0 spiro atoms. The highest BCUT2D eigenvalue weighted by Crippen LogP contribution is 2.28. The fourth-order valence-corrected chi connectivity index (χ4v) is 3.65. The number of aliphatic hydroxyl groups is 2.